The average Bonchev–Trinajstić information content (AvgIpc) is 2.47. The first-order valence-electron chi connectivity index (χ1n) is 5.65. The van der Waals surface area contributed by atoms with Crippen molar-refractivity contribution in [1.29, 1.82) is 5.26 Å². The monoisotopic (exact) mass is 287 g/mol. The summed E-state index contributed by atoms with van der Waals surface area (Å²) in [6.45, 7) is 0. The van der Waals surface area contributed by atoms with Crippen LogP contribution in [0.3, 0.4) is 0 Å². The van der Waals surface area contributed by atoms with Crippen LogP contribution in [0.15, 0.2) is 36.7 Å². The average molecular weight is 288 g/mol. The number of anilines is 1. The van der Waals surface area contributed by atoms with E-state index in [9.17, 15) is 4.79 Å². The molecule has 2 rings (SSSR count). The fourth-order valence-electron chi connectivity index (χ4n) is 1.65. The summed E-state index contributed by atoms with van der Waals surface area (Å²) in [6, 6.07) is 8.43. The van der Waals surface area contributed by atoms with E-state index in [1.807, 2.05) is 6.07 Å². The second-order valence-electron chi connectivity index (χ2n) is 3.80. The van der Waals surface area contributed by atoms with Gasteiger partial charge >= 0.3 is 0 Å². The third-order valence-corrected chi connectivity index (χ3v) is 2.95. The molecule has 1 aromatic heterocycles. The Balaban J connectivity index is 2.38. The highest BCUT2D eigenvalue weighted by atomic mass is 35.5. The molecule has 6 heteroatoms. The van der Waals surface area contributed by atoms with Crippen molar-refractivity contribution in [2.45, 2.75) is 0 Å². The Morgan fingerprint density at radius 2 is 2.25 bits per heavy atom. The van der Waals surface area contributed by atoms with Crippen molar-refractivity contribution >= 4 is 23.2 Å². The van der Waals surface area contributed by atoms with Crippen molar-refractivity contribution in [3.05, 3.63) is 52.8 Å². The van der Waals surface area contributed by atoms with E-state index in [0.29, 0.717) is 17.0 Å². The molecule has 0 fully saturated rings. The number of rotatable bonds is 3. The Hall–Kier alpha value is -2.58. The standard InChI is InChI=1S/C14H10ClN3O2/c1-20-12-4-2-3-9(7-16)13(12)18-14(19)10-8-17-6-5-11(10)15/h2-6,8H,1H3,(H,18,19). The molecule has 0 spiro atoms. The van der Waals surface area contributed by atoms with Crippen molar-refractivity contribution in [3.63, 3.8) is 0 Å². The lowest BCUT2D eigenvalue weighted by Gasteiger charge is -2.11. The van der Waals surface area contributed by atoms with E-state index in [0.717, 1.165) is 0 Å². The predicted molar refractivity (Wildman–Crippen MR) is 74.9 cm³/mol. The topological polar surface area (TPSA) is 75.0 Å². The molecule has 0 radical (unpaired) electrons. The number of halogens is 1. The Bertz CT molecular complexity index is 695. The number of hydrogen-bond donors (Lipinski definition) is 1. The summed E-state index contributed by atoms with van der Waals surface area (Å²) in [5.74, 6) is -0.0542. The van der Waals surface area contributed by atoms with Crippen LogP contribution in [-0.4, -0.2) is 18.0 Å². The van der Waals surface area contributed by atoms with Gasteiger partial charge in [-0.1, -0.05) is 17.7 Å². The number of methoxy groups -OCH3 is 1. The summed E-state index contributed by atoms with van der Waals surface area (Å²) in [4.78, 5) is 16.0. The Morgan fingerprint density at radius 3 is 2.90 bits per heavy atom. The third-order valence-electron chi connectivity index (χ3n) is 2.62. The van der Waals surface area contributed by atoms with Crippen LogP contribution in [0.2, 0.25) is 5.02 Å². The highest BCUT2D eigenvalue weighted by Crippen LogP contribution is 2.28. The lowest BCUT2D eigenvalue weighted by atomic mass is 10.1. The number of aromatic nitrogens is 1. The van der Waals surface area contributed by atoms with E-state index in [1.165, 1.54) is 25.6 Å². The summed E-state index contributed by atoms with van der Waals surface area (Å²) in [7, 11) is 1.46. The Morgan fingerprint density at radius 1 is 1.45 bits per heavy atom. The van der Waals surface area contributed by atoms with E-state index in [1.54, 1.807) is 18.2 Å². The summed E-state index contributed by atoms with van der Waals surface area (Å²) < 4.78 is 5.14. The van der Waals surface area contributed by atoms with E-state index in [2.05, 4.69) is 10.3 Å². The van der Waals surface area contributed by atoms with Gasteiger partial charge in [0.1, 0.15) is 17.5 Å². The minimum atomic E-state index is -0.455. The number of ether oxygens (including phenoxy) is 1. The molecule has 0 aliphatic heterocycles. The number of nitrogens with zero attached hydrogens (tertiary/aromatic N) is 2. The smallest absolute Gasteiger partial charge is 0.258 e. The van der Waals surface area contributed by atoms with Crippen molar-refractivity contribution < 1.29 is 9.53 Å². The fraction of sp³-hybridized carbons (Fsp3) is 0.0714. The van der Waals surface area contributed by atoms with Gasteiger partial charge in [0.2, 0.25) is 0 Å². The van der Waals surface area contributed by atoms with Gasteiger partial charge < -0.3 is 10.1 Å². The minimum Gasteiger partial charge on any atom is -0.495 e. The van der Waals surface area contributed by atoms with Crippen molar-refractivity contribution in [3.8, 4) is 11.8 Å². The van der Waals surface area contributed by atoms with Crippen LogP contribution in [0.25, 0.3) is 0 Å². The molecular weight excluding hydrogens is 278 g/mol. The van der Waals surface area contributed by atoms with Gasteiger partial charge in [0, 0.05) is 12.4 Å². The zero-order valence-electron chi connectivity index (χ0n) is 10.6. The van der Waals surface area contributed by atoms with Gasteiger partial charge in [0.05, 0.1) is 23.3 Å². The first kappa shape index (κ1) is 13.8. The van der Waals surface area contributed by atoms with Crippen molar-refractivity contribution in [2.75, 3.05) is 12.4 Å². The maximum Gasteiger partial charge on any atom is 0.258 e. The van der Waals surface area contributed by atoms with Gasteiger partial charge in [-0.2, -0.15) is 5.26 Å². The molecule has 0 bridgehead atoms. The molecule has 0 saturated heterocycles. The molecule has 0 atom stereocenters. The number of carbonyl (C=O) groups excluding carboxylic acids is 1. The molecule has 0 aliphatic rings. The number of hydrogen-bond acceptors (Lipinski definition) is 4. The highest BCUT2D eigenvalue weighted by Gasteiger charge is 2.15. The summed E-state index contributed by atoms with van der Waals surface area (Å²) in [6.07, 6.45) is 2.85. The van der Waals surface area contributed by atoms with Gasteiger partial charge in [-0.25, -0.2) is 0 Å². The van der Waals surface area contributed by atoms with E-state index in [-0.39, 0.29) is 10.6 Å². The van der Waals surface area contributed by atoms with E-state index in [4.69, 9.17) is 21.6 Å². The second-order valence-corrected chi connectivity index (χ2v) is 4.21. The number of benzene rings is 1. The molecule has 1 heterocycles. The molecule has 20 heavy (non-hydrogen) atoms. The number of nitriles is 1. The maximum absolute atomic E-state index is 12.2. The van der Waals surface area contributed by atoms with Crippen molar-refractivity contribution in [1.82, 2.24) is 4.98 Å². The quantitative estimate of drug-likeness (QED) is 0.942. The van der Waals surface area contributed by atoms with Gasteiger partial charge in [0.15, 0.2) is 0 Å². The van der Waals surface area contributed by atoms with Crippen LogP contribution in [0.5, 0.6) is 5.75 Å². The van der Waals surface area contributed by atoms with Crippen LogP contribution in [0.1, 0.15) is 15.9 Å². The number of carbonyl (C=O) groups is 1. The molecule has 1 N–H and O–H groups in total. The lowest BCUT2D eigenvalue weighted by Crippen LogP contribution is -2.14. The zero-order valence-corrected chi connectivity index (χ0v) is 11.3. The normalized spacial score (nSPS) is 9.65. The molecule has 1 amide bonds. The van der Waals surface area contributed by atoms with Gasteiger partial charge in [-0.3, -0.25) is 9.78 Å². The van der Waals surface area contributed by atoms with E-state index >= 15 is 0 Å². The molecule has 0 aliphatic carbocycles. The minimum absolute atomic E-state index is 0.226. The first-order valence-corrected chi connectivity index (χ1v) is 6.03. The van der Waals surface area contributed by atoms with Crippen LogP contribution < -0.4 is 10.1 Å². The van der Waals surface area contributed by atoms with Crippen LogP contribution >= 0.6 is 11.6 Å². The summed E-state index contributed by atoms with van der Waals surface area (Å²) >= 11 is 5.94. The van der Waals surface area contributed by atoms with Crippen molar-refractivity contribution in [2.24, 2.45) is 0 Å². The maximum atomic E-state index is 12.2. The molecule has 100 valence electrons. The first-order chi connectivity index (χ1) is 9.67. The van der Waals surface area contributed by atoms with Gasteiger partial charge in [-0.05, 0) is 18.2 Å². The molecule has 2 aromatic rings. The largest absolute Gasteiger partial charge is 0.495 e. The van der Waals surface area contributed by atoms with Crippen LogP contribution in [-0.2, 0) is 0 Å². The van der Waals surface area contributed by atoms with E-state index < -0.39 is 5.91 Å². The van der Waals surface area contributed by atoms with Gasteiger partial charge in [0.25, 0.3) is 5.91 Å². The lowest BCUT2D eigenvalue weighted by molar-refractivity contribution is 0.102. The Labute approximate surface area is 120 Å². The second kappa shape index (κ2) is 6.04. The Kier molecular flexibility index (Phi) is 4.18. The highest BCUT2D eigenvalue weighted by molar-refractivity contribution is 6.34. The summed E-state index contributed by atoms with van der Waals surface area (Å²) in [5.41, 5.74) is 0.837. The molecule has 0 saturated carbocycles. The summed E-state index contributed by atoms with van der Waals surface area (Å²) in [5, 5.41) is 12.0. The SMILES string of the molecule is COc1cccc(C#N)c1NC(=O)c1cnccc1Cl. The number of amides is 1. The molecule has 1 aromatic carbocycles. The van der Waals surface area contributed by atoms with Gasteiger partial charge in [-0.15, -0.1) is 0 Å². The molecular formula is C14H10ClN3O2. The number of pyridine rings is 1. The molecule has 0 unspecified atom stereocenters. The number of nitrogens with one attached hydrogen (secondary N) is 1. The number of para-hydroxylation sites is 1. The molecule has 5 nitrogen and oxygen atoms in total. The van der Waals surface area contributed by atoms with Crippen LogP contribution in [0.4, 0.5) is 5.69 Å². The fourth-order valence-corrected chi connectivity index (χ4v) is 1.84. The zero-order chi connectivity index (χ0) is 14.5. The predicted octanol–water partition coefficient (Wildman–Crippen LogP) is 2.87. The van der Waals surface area contributed by atoms with Crippen LogP contribution in [0, 0.1) is 11.3 Å². The third kappa shape index (κ3) is 2.71.